The van der Waals surface area contributed by atoms with Crippen LogP contribution < -0.4 is 5.32 Å². The fourth-order valence-electron chi connectivity index (χ4n) is 4.08. The first kappa shape index (κ1) is 36.8. The molecule has 0 fully saturated rings. The van der Waals surface area contributed by atoms with Gasteiger partial charge in [-0.25, -0.2) is 9.59 Å². The summed E-state index contributed by atoms with van der Waals surface area (Å²) in [6.07, 6.45) is -4.81. The van der Waals surface area contributed by atoms with Crippen LogP contribution in [-0.2, 0) is 54.1 Å². The molecule has 0 aliphatic rings. The van der Waals surface area contributed by atoms with E-state index in [4.69, 9.17) is 23.7 Å². The highest BCUT2D eigenvalue weighted by molar-refractivity contribution is 5.93. The predicted molar refractivity (Wildman–Crippen MR) is 151 cm³/mol. The third-order valence-corrected chi connectivity index (χ3v) is 6.29. The standard InChI is InChI=1S/C30H45NO11/c1-18(32)24(33)29(5,6)42-21(4)27(36)40-19(2)25(34)30(7,8)41-20(3)26(35)31-23(28(37)39-16-15-38-9)17-22-13-11-10-12-14-22/h10-14,18-21,23,32H,15-17H2,1-9H3,(H,31,35). The fourth-order valence-corrected chi connectivity index (χ4v) is 4.08. The van der Waals surface area contributed by atoms with Gasteiger partial charge in [0.2, 0.25) is 11.7 Å². The molecule has 12 heteroatoms. The zero-order valence-electron chi connectivity index (χ0n) is 25.9. The molecule has 1 amide bonds. The number of hydrogen-bond acceptors (Lipinski definition) is 11. The predicted octanol–water partition coefficient (Wildman–Crippen LogP) is 1.72. The molecule has 0 aliphatic heterocycles. The van der Waals surface area contributed by atoms with Crippen molar-refractivity contribution < 1.29 is 52.8 Å². The van der Waals surface area contributed by atoms with Crippen LogP contribution in [0.5, 0.6) is 0 Å². The van der Waals surface area contributed by atoms with Crippen LogP contribution in [-0.4, -0.2) is 96.5 Å². The summed E-state index contributed by atoms with van der Waals surface area (Å²) in [6.45, 7) is 11.3. The van der Waals surface area contributed by atoms with Gasteiger partial charge in [0.15, 0.2) is 18.0 Å². The van der Waals surface area contributed by atoms with Gasteiger partial charge in [-0.05, 0) is 61.0 Å². The largest absolute Gasteiger partial charge is 0.462 e. The summed E-state index contributed by atoms with van der Waals surface area (Å²) in [5.41, 5.74) is -2.25. The number of Topliss-reactive ketones (excluding diaryl/α,β-unsaturated/α-hetero) is 2. The van der Waals surface area contributed by atoms with E-state index >= 15 is 0 Å². The molecule has 0 radical (unpaired) electrons. The summed E-state index contributed by atoms with van der Waals surface area (Å²) in [4.78, 5) is 63.6. The molecule has 2 N–H and O–H groups in total. The molecule has 0 saturated carbocycles. The van der Waals surface area contributed by atoms with Crippen LogP contribution in [0, 0.1) is 0 Å². The highest BCUT2D eigenvalue weighted by Crippen LogP contribution is 2.20. The summed E-state index contributed by atoms with van der Waals surface area (Å²) in [7, 11) is 1.47. The normalized spacial score (nSPS) is 15.5. The minimum Gasteiger partial charge on any atom is -0.462 e. The molecule has 5 unspecified atom stereocenters. The first-order valence-corrected chi connectivity index (χ1v) is 13.8. The summed E-state index contributed by atoms with van der Waals surface area (Å²) in [5, 5.41) is 12.2. The Balaban J connectivity index is 2.85. The van der Waals surface area contributed by atoms with Crippen LogP contribution in [0.3, 0.4) is 0 Å². The van der Waals surface area contributed by atoms with E-state index < -0.39 is 71.1 Å². The monoisotopic (exact) mass is 595 g/mol. The molecule has 0 bridgehead atoms. The number of rotatable bonds is 18. The number of benzene rings is 1. The van der Waals surface area contributed by atoms with Gasteiger partial charge in [-0.2, -0.15) is 0 Å². The SMILES string of the molecule is COCCOC(=O)C(Cc1ccccc1)NC(=O)C(C)OC(C)(C)C(=O)C(C)OC(=O)C(C)OC(C)(C)C(=O)C(C)O. The Labute approximate surface area is 247 Å². The van der Waals surface area contributed by atoms with E-state index in [-0.39, 0.29) is 19.6 Å². The van der Waals surface area contributed by atoms with Gasteiger partial charge >= 0.3 is 11.9 Å². The van der Waals surface area contributed by atoms with Gasteiger partial charge in [-0.1, -0.05) is 30.3 Å². The minimum atomic E-state index is -1.57. The number of esters is 2. The van der Waals surface area contributed by atoms with E-state index in [0.717, 1.165) is 5.56 Å². The van der Waals surface area contributed by atoms with Crippen molar-refractivity contribution in [1.82, 2.24) is 5.32 Å². The van der Waals surface area contributed by atoms with Crippen LogP contribution >= 0.6 is 0 Å². The van der Waals surface area contributed by atoms with E-state index in [1.54, 1.807) is 12.1 Å². The lowest BCUT2D eigenvalue weighted by Crippen LogP contribution is -2.51. The number of methoxy groups -OCH3 is 1. The van der Waals surface area contributed by atoms with Gasteiger partial charge < -0.3 is 34.1 Å². The number of aliphatic hydroxyl groups is 1. The Kier molecular flexibility index (Phi) is 14.4. The quantitative estimate of drug-likeness (QED) is 0.188. The summed E-state index contributed by atoms with van der Waals surface area (Å²) in [5.74, 6) is -3.47. The van der Waals surface area contributed by atoms with E-state index in [0.29, 0.717) is 0 Å². The summed E-state index contributed by atoms with van der Waals surface area (Å²) in [6, 6.07) is 8.04. The van der Waals surface area contributed by atoms with Crippen LogP contribution in [0.2, 0.25) is 0 Å². The van der Waals surface area contributed by atoms with Crippen molar-refractivity contribution in [2.75, 3.05) is 20.3 Å². The molecule has 0 aromatic heterocycles. The maximum absolute atomic E-state index is 13.1. The van der Waals surface area contributed by atoms with Crippen molar-refractivity contribution >= 4 is 29.4 Å². The number of nitrogens with one attached hydrogen (secondary N) is 1. The van der Waals surface area contributed by atoms with Crippen LogP contribution in [0.1, 0.15) is 61.0 Å². The molecule has 0 aliphatic carbocycles. The number of aliphatic hydroxyl groups excluding tert-OH is 1. The van der Waals surface area contributed by atoms with Gasteiger partial charge in [0.1, 0.15) is 36.1 Å². The van der Waals surface area contributed by atoms with Crippen molar-refractivity contribution in [3.63, 3.8) is 0 Å². The summed E-state index contributed by atoms with van der Waals surface area (Å²) < 4.78 is 26.6. The first-order valence-electron chi connectivity index (χ1n) is 13.8. The lowest BCUT2D eigenvalue weighted by molar-refractivity contribution is -0.182. The third-order valence-electron chi connectivity index (χ3n) is 6.29. The number of carbonyl (C=O) groups excluding carboxylic acids is 5. The molecule has 5 atom stereocenters. The molecular weight excluding hydrogens is 550 g/mol. The van der Waals surface area contributed by atoms with Gasteiger partial charge in [-0.15, -0.1) is 0 Å². The Morgan fingerprint density at radius 2 is 1.33 bits per heavy atom. The Morgan fingerprint density at radius 3 is 1.88 bits per heavy atom. The molecule has 0 saturated heterocycles. The highest BCUT2D eigenvalue weighted by Gasteiger charge is 2.40. The fraction of sp³-hybridized carbons (Fsp3) is 0.633. The van der Waals surface area contributed by atoms with Crippen molar-refractivity contribution in [1.29, 1.82) is 0 Å². The second kappa shape index (κ2) is 16.4. The van der Waals surface area contributed by atoms with E-state index in [2.05, 4.69) is 5.32 Å². The third kappa shape index (κ3) is 11.6. The zero-order valence-corrected chi connectivity index (χ0v) is 25.9. The Hall–Kier alpha value is -3.19. The van der Waals surface area contributed by atoms with Crippen molar-refractivity contribution in [3.05, 3.63) is 35.9 Å². The average Bonchev–Trinajstić information content (AvgIpc) is 2.91. The van der Waals surface area contributed by atoms with Gasteiger partial charge in [0.25, 0.3) is 0 Å². The second-order valence-corrected chi connectivity index (χ2v) is 10.9. The summed E-state index contributed by atoms with van der Waals surface area (Å²) >= 11 is 0. The molecule has 0 spiro atoms. The number of hydrogen-bond donors (Lipinski definition) is 2. The average molecular weight is 596 g/mol. The first-order chi connectivity index (χ1) is 19.4. The minimum absolute atomic E-state index is 0.0126. The molecule has 42 heavy (non-hydrogen) atoms. The van der Waals surface area contributed by atoms with E-state index in [1.807, 2.05) is 18.2 Å². The van der Waals surface area contributed by atoms with Gasteiger partial charge in [0.05, 0.1) is 6.61 Å². The lowest BCUT2D eigenvalue weighted by atomic mass is 9.98. The van der Waals surface area contributed by atoms with Gasteiger partial charge in [-0.3, -0.25) is 14.4 Å². The molecule has 236 valence electrons. The molecule has 0 heterocycles. The highest BCUT2D eigenvalue weighted by atomic mass is 16.6. The number of carbonyl (C=O) groups is 5. The lowest BCUT2D eigenvalue weighted by Gasteiger charge is -2.31. The zero-order chi connectivity index (χ0) is 32.3. The number of ether oxygens (including phenoxy) is 5. The molecule has 1 rings (SSSR count). The molecule has 1 aromatic carbocycles. The molecular formula is C30H45NO11. The van der Waals surface area contributed by atoms with Crippen molar-refractivity contribution in [3.8, 4) is 0 Å². The maximum Gasteiger partial charge on any atom is 0.335 e. The van der Waals surface area contributed by atoms with Crippen LogP contribution in [0.25, 0.3) is 0 Å². The Morgan fingerprint density at radius 1 is 0.786 bits per heavy atom. The van der Waals surface area contributed by atoms with Crippen molar-refractivity contribution in [2.24, 2.45) is 0 Å². The van der Waals surface area contributed by atoms with E-state index in [1.165, 1.54) is 62.5 Å². The molecule has 1 aromatic rings. The van der Waals surface area contributed by atoms with Crippen molar-refractivity contribution in [2.45, 2.75) is 103 Å². The second-order valence-electron chi connectivity index (χ2n) is 10.9. The van der Waals surface area contributed by atoms with Crippen LogP contribution in [0.15, 0.2) is 30.3 Å². The Bertz CT molecular complexity index is 1070. The van der Waals surface area contributed by atoms with E-state index in [9.17, 15) is 29.1 Å². The molecule has 12 nitrogen and oxygen atoms in total. The smallest absolute Gasteiger partial charge is 0.335 e. The number of ketones is 2. The van der Waals surface area contributed by atoms with Crippen LogP contribution in [0.4, 0.5) is 0 Å². The number of amides is 1. The topological polar surface area (TPSA) is 164 Å². The van der Waals surface area contributed by atoms with Gasteiger partial charge in [0, 0.05) is 13.5 Å². The maximum atomic E-state index is 13.1.